The largest absolute Gasteiger partial charge is 0.378 e. The van der Waals surface area contributed by atoms with Gasteiger partial charge in [-0.25, -0.2) is 0 Å². The number of carbonyl (C=O) groups excluding carboxylic acids is 2. The average Bonchev–Trinajstić information content (AvgIpc) is 2.69. The van der Waals surface area contributed by atoms with Gasteiger partial charge in [0, 0.05) is 26.2 Å². The molecule has 0 spiro atoms. The monoisotopic (exact) mass is 404 g/mol. The van der Waals surface area contributed by atoms with Crippen molar-refractivity contribution in [2.24, 2.45) is 0 Å². The third-order valence-corrected chi connectivity index (χ3v) is 4.29. The van der Waals surface area contributed by atoms with Crippen LogP contribution in [-0.2, 0) is 38.0 Å². The van der Waals surface area contributed by atoms with Crippen LogP contribution in [0, 0.1) is 0 Å². The number of amides is 2. The van der Waals surface area contributed by atoms with Gasteiger partial charge in [0.2, 0.25) is 11.8 Å². The van der Waals surface area contributed by atoms with E-state index in [4.69, 9.17) is 28.4 Å². The van der Waals surface area contributed by atoms with Gasteiger partial charge in [0.25, 0.3) is 0 Å². The normalized spacial score (nSPS) is 24.1. The molecule has 2 heterocycles. The fourth-order valence-corrected chi connectivity index (χ4v) is 2.68. The SMILES string of the molecule is O=C1COCCOCC(=O)N2CCOCCOCCOCCN1CCOCC2. The molecule has 0 radical (unpaired) electrons. The van der Waals surface area contributed by atoms with E-state index in [1.165, 1.54) is 0 Å². The van der Waals surface area contributed by atoms with E-state index in [9.17, 15) is 9.59 Å². The number of hydrogen-bond acceptors (Lipinski definition) is 8. The van der Waals surface area contributed by atoms with Gasteiger partial charge in [0.1, 0.15) is 13.2 Å². The fourth-order valence-electron chi connectivity index (χ4n) is 2.68. The van der Waals surface area contributed by atoms with E-state index in [0.29, 0.717) is 79.0 Å². The summed E-state index contributed by atoms with van der Waals surface area (Å²) < 4.78 is 32.9. The maximum Gasteiger partial charge on any atom is 0.248 e. The maximum absolute atomic E-state index is 12.4. The van der Waals surface area contributed by atoms with Crippen LogP contribution in [0.25, 0.3) is 0 Å². The Kier molecular flexibility index (Phi) is 12.0. The predicted octanol–water partition coefficient (Wildman–Crippen LogP) is -1.23. The van der Waals surface area contributed by atoms with E-state index in [0.717, 1.165) is 0 Å². The molecule has 2 amide bonds. The van der Waals surface area contributed by atoms with E-state index < -0.39 is 0 Å². The molecule has 0 aromatic carbocycles. The van der Waals surface area contributed by atoms with Crippen LogP contribution in [-0.4, -0.2) is 127 Å². The number of nitrogens with zero attached hydrogens (tertiary/aromatic N) is 2. The molecule has 0 aromatic rings. The highest BCUT2D eigenvalue weighted by molar-refractivity contribution is 5.77. The Hall–Kier alpha value is -1.30. The number of fused-ring (bicyclic) bond motifs is 6. The van der Waals surface area contributed by atoms with Gasteiger partial charge in [0.05, 0.1) is 66.1 Å². The minimum atomic E-state index is -0.123. The van der Waals surface area contributed by atoms with E-state index in [1.807, 2.05) is 0 Å². The van der Waals surface area contributed by atoms with Crippen molar-refractivity contribution in [3.05, 3.63) is 0 Å². The molecular formula is C18H32N2O8. The summed E-state index contributed by atoms with van der Waals surface area (Å²) in [6.07, 6.45) is 0. The van der Waals surface area contributed by atoms with E-state index in [1.54, 1.807) is 9.80 Å². The predicted molar refractivity (Wildman–Crippen MR) is 98.1 cm³/mol. The first-order valence-corrected chi connectivity index (χ1v) is 9.79. The van der Waals surface area contributed by atoms with Crippen molar-refractivity contribution < 1.29 is 38.0 Å². The van der Waals surface area contributed by atoms with E-state index in [2.05, 4.69) is 0 Å². The number of ether oxygens (including phenoxy) is 6. The Morgan fingerprint density at radius 3 is 1.11 bits per heavy atom. The van der Waals surface area contributed by atoms with E-state index in [-0.39, 0.29) is 38.2 Å². The molecule has 2 bridgehead atoms. The third-order valence-electron chi connectivity index (χ3n) is 4.29. The first-order chi connectivity index (χ1) is 13.8. The highest BCUT2D eigenvalue weighted by atomic mass is 16.5. The summed E-state index contributed by atoms with van der Waals surface area (Å²) in [6.45, 7) is 5.63. The lowest BCUT2D eigenvalue weighted by Crippen LogP contribution is -2.40. The molecule has 2 rings (SSSR count). The Bertz CT molecular complexity index is 413. The van der Waals surface area contributed by atoms with Gasteiger partial charge >= 0.3 is 0 Å². The zero-order valence-corrected chi connectivity index (χ0v) is 16.5. The van der Waals surface area contributed by atoms with Crippen molar-refractivity contribution in [3.63, 3.8) is 0 Å². The summed E-state index contributed by atoms with van der Waals surface area (Å²) in [5.41, 5.74) is 0. The number of rotatable bonds is 0. The Labute approximate surface area is 165 Å². The summed E-state index contributed by atoms with van der Waals surface area (Å²) in [5.74, 6) is -0.245. The van der Waals surface area contributed by atoms with Gasteiger partial charge in [-0.05, 0) is 0 Å². The zero-order chi connectivity index (χ0) is 19.9. The van der Waals surface area contributed by atoms with Crippen LogP contribution < -0.4 is 0 Å². The molecule has 2 saturated heterocycles. The molecule has 2 aliphatic rings. The van der Waals surface area contributed by atoms with Crippen LogP contribution in [0.4, 0.5) is 0 Å². The first-order valence-electron chi connectivity index (χ1n) is 9.79. The molecule has 0 aliphatic carbocycles. The van der Waals surface area contributed by atoms with Crippen molar-refractivity contribution in [1.29, 1.82) is 0 Å². The molecule has 0 aromatic heterocycles. The molecular weight excluding hydrogens is 372 g/mol. The molecule has 10 heteroatoms. The lowest BCUT2D eigenvalue weighted by molar-refractivity contribution is -0.140. The summed E-state index contributed by atoms with van der Waals surface area (Å²) in [6, 6.07) is 0. The first kappa shape index (κ1) is 23.0. The molecule has 0 unspecified atom stereocenters. The Balaban J connectivity index is 1.97. The van der Waals surface area contributed by atoms with Crippen molar-refractivity contribution in [2.75, 3.05) is 105 Å². The smallest absolute Gasteiger partial charge is 0.248 e. The minimum Gasteiger partial charge on any atom is -0.378 e. The molecule has 0 N–H and O–H groups in total. The topological polar surface area (TPSA) is 96.0 Å². The standard InChI is InChI=1S/C18H32N2O8/c21-17-15-27-13-14-28-16-18(22)20-2-6-23-5-1-19(17)3-7-24-9-11-26-12-10-25-8-4-20/h1-16H2. The molecule has 2 fully saturated rings. The van der Waals surface area contributed by atoms with Gasteiger partial charge in [-0.3, -0.25) is 9.59 Å². The van der Waals surface area contributed by atoms with Gasteiger partial charge in [-0.1, -0.05) is 0 Å². The quantitative estimate of drug-likeness (QED) is 0.463. The molecule has 0 saturated carbocycles. The summed E-state index contributed by atoms with van der Waals surface area (Å²) in [7, 11) is 0. The van der Waals surface area contributed by atoms with Crippen LogP contribution in [0.5, 0.6) is 0 Å². The molecule has 162 valence electrons. The van der Waals surface area contributed by atoms with Gasteiger partial charge in [-0.2, -0.15) is 0 Å². The zero-order valence-electron chi connectivity index (χ0n) is 16.5. The van der Waals surface area contributed by atoms with Crippen LogP contribution in [0.1, 0.15) is 0 Å². The van der Waals surface area contributed by atoms with Crippen LogP contribution >= 0.6 is 0 Å². The van der Waals surface area contributed by atoms with Crippen molar-refractivity contribution in [2.45, 2.75) is 0 Å². The highest BCUT2D eigenvalue weighted by Gasteiger charge is 2.16. The van der Waals surface area contributed by atoms with Crippen LogP contribution in [0.3, 0.4) is 0 Å². The van der Waals surface area contributed by atoms with Gasteiger partial charge in [0.15, 0.2) is 0 Å². The lowest BCUT2D eigenvalue weighted by atomic mass is 10.4. The third kappa shape index (κ3) is 9.76. The highest BCUT2D eigenvalue weighted by Crippen LogP contribution is 1.98. The molecule has 0 atom stereocenters. The molecule has 2 aliphatic heterocycles. The summed E-state index contributed by atoms with van der Waals surface area (Å²) >= 11 is 0. The number of hydrogen-bond donors (Lipinski definition) is 0. The van der Waals surface area contributed by atoms with Crippen LogP contribution in [0.15, 0.2) is 0 Å². The second-order valence-electron chi connectivity index (χ2n) is 6.32. The fraction of sp³-hybridized carbons (Fsp3) is 0.889. The minimum absolute atomic E-state index is 0.0378. The molecule has 10 nitrogen and oxygen atoms in total. The van der Waals surface area contributed by atoms with E-state index >= 15 is 0 Å². The second-order valence-corrected chi connectivity index (χ2v) is 6.32. The lowest BCUT2D eigenvalue weighted by Gasteiger charge is -2.24. The van der Waals surface area contributed by atoms with Crippen molar-refractivity contribution >= 4 is 11.8 Å². The van der Waals surface area contributed by atoms with Crippen molar-refractivity contribution in [1.82, 2.24) is 9.80 Å². The van der Waals surface area contributed by atoms with Crippen molar-refractivity contribution in [3.8, 4) is 0 Å². The second kappa shape index (κ2) is 14.7. The van der Waals surface area contributed by atoms with Gasteiger partial charge < -0.3 is 38.2 Å². The maximum atomic E-state index is 12.4. The average molecular weight is 404 g/mol. The summed E-state index contributed by atoms with van der Waals surface area (Å²) in [4.78, 5) is 28.1. The van der Waals surface area contributed by atoms with Crippen LogP contribution in [0.2, 0.25) is 0 Å². The Morgan fingerprint density at radius 1 is 0.429 bits per heavy atom. The Morgan fingerprint density at radius 2 is 0.714 bits per heavy atom. The van der Waals surface area contributed by atoms with Gasteiger partial charge in [-0.15, -0.1) is 0 Å². The molecule has 28 heavy (non-hydrogen) atoms. The number of carbonyl (C=O) groups is 2. The summed E-state index contributed by atoms with van der Waals surface area (Å²) in [5, 5.41) is 0.